The third-order valence-corrected chi connectivity index (χ3v) is 6.94. The molecule has 0 spiro atoms. The topological polar surface area (TPSA) is 72.1 Å². The molecule has 0 saturated carbocycles. The maximum absolute atomic E-state index is 13.4. The summed E-state index contributed by atoms with van der Waals surface area (Å²) >= 11 is 1.35. The van der Waals surface area contributed by atoms with Crippen LogP contribution >= 0.6 is 11.8 Å². The average molecular weight is 523 g/mol. The van der Waals surface area contributed by atoms with Crippen LogP contribution in [-0.4, -0.2) is 28.6 Å². The predicted octanol–water partition coefficient (Wildman–Crippen LogP) is 6.80. The molecule has 0 bridgehead atoms. The molecule has 1 fully saturated rings. The van der Waals surface area contributed by atoms with Gasteiger partial charge in [0.15, 0.2) is 5.17 Å². The standard InChI is InChI=1S/C31H26N2O4S/c1-2-36-30(35)25-15-13-24(14-16-25)27-18-17-26(37-27)19-28-29(34)33(21-23-11-7-4-8-12-23)31(38-28)32-20-22-9-5-3-6-10-22/h3-19H,2,20-21H2,1H3/b28-19-,32-31?. The van der Waals surface area contributed by atoms with Gasteiger partial charge in [0.05, 0.1) is 30.2 Å². The molecule has 38 heavy (non-hydrogen) atoms. The number of benzene rings is 3. The van der Waals surface area contributed by atoms with E-state index in [0.29, 0.717) is 46.9 Å². The van der Waals surface area contributed by atoms with Crippen molar-refractivity contribution < 1.29 is 18.7 Å². The van der Waals surface area contributed by atoms with Crippen molar-refractivity contribution >= 4 is 34.9 Å². The fourth-order valence-electron chi connectivity index (χ4n) is 3.97. The van der Waals surface area contributed by atoms with Gasteiger partial charge in [-0.3, -0.25) is 14.7 Å². The second kappa shape index (κ2) is 11.8. The van der Waals surface area contributed by atoms with Crippen LogP contribution in [0.5, 0.6) is 0 Å². The summed E-state index contributed by atoms with van der Waals surface area (Å²) in [6.45, 7) is 3.03. The van der Waals surface area contributed by atoms with E-state index in [4.69, 9.17) is 14.1 Å². The maximum atomic E-state index is 13.4. The zero-order valence-corrected chi connectivity index (χ0v) is 21.7. The number of carbonyl (C=O) groups excluding carboxylic acids is 2. The fraction of sp³-hybridized carbons (Fsp3) is 0.129. The summed E-state index contributed by atoms with van der Waals surface area (Å²) in [6.07, 6.45) is 1.76. The first-order valence-corrected chi connectivity index (χ1v) is 13.1. The third kappa shape index (κ3) is 5.95. The predicted molar refractivity (Wildman–Crippen MR) is 150 cm³/mol. The first-order valence-electron chi connectivity index (χ1n) is 12.3. The minimum absolute atomic E-state index is 0.109. The lowest BCUT2D eigenvalue weighted by molar-refractivity contribution is -0.122. The molecule has 0 unspecified atom stereocenters. The highest BCUT2D eigenvalue weighted by atomic mass is 32.2. The van der Waals surface area contributed by atoms with Crippen LogP contribution in [0.25, 0.3) is 17.4 Å². The van der Waals surface area contributed by atoms with Crippen LogP contribution in [0, 0.1) is 0 Å². The van der Waals surface area contributed by atoms with Crippen molar-refractivity contribution in [1.29, 1.82) is 0 Å². The zero-order valence-electron chi connectivity index (χ0n) is 20.9. The Balaban J connectivity index is 1.37. The van der Waals surface area contributed by atoms with Gasteiger partial charge in [-0.05, 0) is 54.1 Å². The van der Waals surface area contributed by atoms with Gasteiger partial charge in [0, 0.05) is 11.6 Å². The van der Waals surface area contributed by atoms with Crippen LogP contribution in [0.2, 0.25) is 0 Å². The van der Waals surface area contributed by atoms with Crippen molar-refractivity contribution in [1.82, 2.24) is 4.90 Å². The van der Waals surface area contributed by atoms with Crippen LogP contribution in [0.15, 0.2) is 111 Å². The highest BCUT2D eigenvalue weighted by molar-refractivity contribution is 8.18. The van der Waals surface area contributed by atoms with Gasteiger partial charge in [-0.15, -0.1) is 0 Å². The lowest BCUT2D eigenvalue weighted by Crippen LogP contribution is -2.28. The Morgan fingerprint density at radius 1 is 0.921 bits per heavy atom. The number of ether oxygens (including phenoxy) is 1. The maximum Gasteiger partial charge on any atom is 0.338 e. The van der Waals surface area contributed by atoms with Crippen molar-refractivity contribution in [3.63, 3.8) is 0 Å². The zero-order chi connectivity index (χ0) is 26.3. The number of amides is 1. The highest BCUT2D eigenvalue weighted by Gasteiger charge is 2.33. The van der Waals surface area contributed by atoms with E-state index in [9.17, 15) is 9.59 Å². The molecule has 1 aliphatic rings. The Bertz CT molecular complexity index is 1480. The van der Waals surface area contributed by atoms with Gasteiger partial charge in [0.2, 0.25) is 0 Å². The van der Waals surface area contributed by atoms with Crippen molar-refractivity contribution in [3.8, 4) is 11.3 Å². The number of aliphatic imine (C=N–C) groups is 1. The van der Waals surface area contributed by atoms with E-state index in [0.717, 1.165) is 16.7 Å². The molecule has 5 rings (SSSR count). The average Bonchev–Trinajstić information content (AvgIpc) is 3.54. The molecule has 4 aromatic rings. The minimum Gasteiger partial charge on any atom is -0.462 e. The highest BCUT2D eigenvalue weighted by Crippen LogP contribution is 2.35. The van der Waals surface area contributed by atoms with Gasteiger partial charge in [-0.1, -0.05) is 72.8 Å². The summed E-state index contributed by atoms with van der Waals surface area (Å²) in [5, 5.41) is 0.662. The molecule has 0 radical (unpaired) electrons. The molecule has 0 atom stereocenters. The number of esters is 1. The molecule has 3 aromatic carbocycles. The SMILES string of the molecule is CCOC(=O)c1ccc(-c2ccc(/C=C3\SC(=NCc4ccccc4)N(Cc4ccccc4)C3=O)o2)cc1. The molecule has 0 aliphatic carbocycles. The van der Waals surface area contributed by atoms with Crippen LogP contribution in [-0.2, 0) is 22.6 Å². The number of thioether (sulfide) groups is 1. The van der Waals surface area contributed by atoms with E-state index in [2.05, 4.69) is 0 Å². The minimum atomic E-state index is -0.356. The second-order valence-electron chi connectivity index (χ2n) is 8.57. The van der Waals surface area contributed by atoms with E-state index >= 15 is 0 Å². The fourth-order valence-corrected chi connectivity index (χ4v) is 4.93. The number of hydrogen-bond donors (Lipinski definition) is 0. The monoisotopic (exact) mass is 522 g/mol. The summed E-state index contributed by atoms with van der Waals surface area (Å²) in [5.74, 6) is 0.740. The number of hydrogen-bond acceptors (Lipinski definition) is 6. The van der Waals surface area contributed by atoms with Crippen LogP contribution in [0.1, 0.15) is 34.2 Å². The summed E-state index contributed by atoms with van der Waals surface area (Å²) in [5.41, 5.74) is 3.42. The van der Waals surface area contributed by atoms with Gasteiger partial charge >= 0.3 is 5.97 Å². The van der Waals surface area contributed by atoms with Crippen molar-refractivity contribution in [2.24, 2.45) is 4.99 Å². The Morgan fingerprint density at radius 2 is 1.61 bits per heavy atom. The molecule has 2 heterocycles. The molecule has 1 aliphatic heterocycles. The first-order chi connectivity index (χ1) is 18.6. The molecule has 0 N–H and O–H groups in total. The molecular weight excluding hydrogens is 496 g/mol. The van der Waals surface area contributed by atoms with Gasteiger partial charge in [0.1, 0.15) is 11.5 Å². The van der Waals surface area contributed by atoms with Gasteiger partial charge in [-0.2, -0.15) is 0 Å². The quantitative estimate of drug-likeness (QED) is 0.188. The summed E-state index contributed by atoms with van der Waals surface area (Å²) < 4.78 is 11.1. The van der Waals surface area contributed by atoms with Crippen LogP contribution in [0.3, 0.4) is 0 Å². The molecule has 1 saturated heterocycles. The van der Waals surface area contributed by atoms with E-state index in [1.165, 1.54) is 11.8 Å². The largest absolute Gasteiger partial charge is 0.462 e. The Morgan fingerprint density at radius 3 is 2.29 bits per heavy atom. The normalized spacial score (nSPS) is 15.4. The number of amidine groups is 1. The van der Waals surface area contributed by atoms with Crippen molar-refractivity contribution in [2.75, 3.05) is 6.61 Å². The molecular formula is C31H26N2O4S. The second-order valence-corrected chi connectivity index (χ2v) is 9.58. The molecule has 1 aromatic heterocycles. The van der Waals surface area contributed by atoms with E-state index in [-0.39, 0.29) is 11.9 Å². The third-order valence-electron chi connectivity index (χ3n) is 5.89. The number of nitrogens with zero attached hydrogens (tertiary/aromatic N) is 2. The molecule has 1 amide bonds. The van der Waals surface area contributed by atoms with E-state index in [1.807, 2.05) is 84.9 Å². The van der Waals surface area contributed by atoms with Gasteiger partial charge in [-0.25, -0.2) is 4.79 Å². The number of rotatable bonds is 8. The lowest BCUT2D eigenvalue weighted by Gasteiger charge is -2.15. The molecule has 190 valence electrons. The first kappa shape index (κ1) is 25.3. The van der Waals surface area contributed by atoms with Gasteiger partial charge in [0.25, 0.3) is 5.91 Å². The summed E-state index contributed by atoms with van der Waals surface area (Å²) in [7, 11) is 0. The van der Waals surface area contributed by atoms with E-state index < -0.39 is 0 Å². The van der Waals surface area contributed by atoms with Crippen LogP contribution < -0.4 is 0 Å². The van der Waals surface area contributed by atoms with Crippen molar-refractivity contribution in [2.45, 2.75) is 20.0 Å². The number of carbonyl (C=O) groups is 2. The molecule has 7 heteroatoms. The number of furan rings is 1. The van der Waals surface area contributed by atoms with Crippen LogP contribution in [0.4, 0.5) is 0 Å². The Labute approximate surface area is 225 Å². The molecule has 6 nitrogen and oxygen atoms in total. The van der Waals surface area contributed by atoms with Crippen molar-refractivity contribution in [3.05, 3.63) is 124 Å². The van der Waals surface area contributed by atoms with E-state index in [1.54, 1.807) is 30.0 Å². The van der Waals surface area contributed by atoms with Gasteiger partial charge < -0.3 is 9.15 Å². The Kier molecular flexibility index (Phi) is 7.85. The lowest BCUT2D eigenvalue weighted by atomic mass is 10.1. The summed E-state index contributed by atoms with van der Waals surface area (Å²) in [6, 6.07) is 30.6. The summed E-state index contributed by atoms with van der Waals surface area (Å²) in [4.78, 5) is 32.4. The Hall–Kier alpha value is -4.36. The smallest absolute Gasteiger partial charge is 0.338 e.